The quantitative estimate of drug-likeness (QED) is 0.672. The Labute approximate surface area is 148 Å². The first-order valence-electron chi connectivity index (χ1n) is 7.59. The number of hydrogen-bond donors (Lipinski definition) is 2. The molecule has 0 spiro atoms. The number of nitrogens with zero attached hydrogens (tertiary/aromatic N) is 3. The van der Waals surface area contributed by atoms with Gasteiger partial charge in [-0.15, -0.1) is 10.2 Å². The van der Waals surface area contributed by atoms with Crippen LogP contribution >= 0.6 is 0 Å². The highest BCUT2D eigenvalue weighted by molar-refractivity contribution is 6.03. The number of carbonyl (C=O) groups is 2. The molecule has 0 saturated carbocycles. The Morgan fingerprint density at radius 1 is 1.04 bits per heavy atom. The fraction of sp³-hybridized carbons (Fsp3) is 0.118. The number of anilines is 3. The number of benzene rings is 1. The maximum atomic E-state index is 12.2. The lowest BCUT2D eigenvalue weighted by Crippen LogP contribution is -2.14. The van der Waals surface area contributed by atoms with Crippen LogP contribution in [0.3, 0.4) is 0 Å². The first kappa shape index (κ1) is 17.1. The maximum absolute atomic E-state index is 12.2. The van der Waals surface area contributed by atoms with Crippen LogP contribution in [0.1, 0.15) is 26.6 Å². The summed E-state index contributed by atoms with van der Waals surface area (Å²) in [6, 6.07) is 11.1. The van der Waals surface area contributed by atoms with Crippen molar-refractivity contribution in [3.8, 4) is 0 Å². The first-order valence-corrected chi connectivity index (χ1v) is 7.59. The number of aryl methyl sites for hydroxylation is 1. The van der Waals surface area contributed by atoms with Crippen LogP contribution in [0.15, 0.2) is 47.0 Å². The first-order chi connectivity index (χ1) is 12.5. The molecule has 0 fully saturated rings. The van der Waals surface area contributed by atoms with E-state index in [0.717, 1.165) is 0 Å². The molecule has 0 atom stereocenters. The molecule has 0 bridgehead atoms. The second-order valence-corrected chi connectivity index (χ2v) is 5.27. The zero-order valence-electron chi connectivity index (χ0n) is 14.0. The zero-order chi connectivity index (χ0) is 18.5. The standard InChI is InChI=1S/C17H15N5O4/c1-10-9-15(22-26-10)19-14-8-7-13(20-21-14)16(23)18-12-5-3-11(4-6-12)17(24)25-2/h3-9H,1-2H3,(H,18,23)(H,19,21,22). The normalized spacial score (nSPS) is 10.2. The summed E-state index contributed by atoms with van der Waals surface area (Å²) in [4.78, 5) is 23.6. The summed E-state index contributed by atoms with van der Waals surface area (Å²) >= 11 is 0. The summed E-state index contributed by atoms with van der Waals surface area (Å²) < 4.78 is 9.56. The summed E-state index contributed by atoms with van der Waals surface area (Å²) in [5.74, 6) is 0.720. The predicted octanol–water partition coefficient (Wildman–Crippen LogP) is 2.56. The Hall–Kier alpha value is -3.75. The van der Waals surface area contributed by atoms with E-state index in [0.29, 0.717) is 28.6 Å². The molecule has 132 valence electrons. The van der Waals surface area contributed by atoms with Crippen LogP contribution in [0.25, 0.3) is 0 Å². The van der Waals surface area contributed by atoms with E-state index in [2.05, 4.69) is 30.7 Å². The molecule has 2 aromatic heterocycles. The number of esters is 1. The Morgan fingerprint density at radius 2 is 1.81 bits per heavy atom. The lowest BCUT2D eigenvalue weighted by molar-refractivity contribution is 0.0600. The van der Waals surface area contributed by atoms with Crippen molar-refractivity contribution in [2.45, 2.75) is 6.92 Å². The van der Waals surface area contributed by atoms with Gasteiger partial charge in [0.1, 0.15) is 5.76 Å². The van der Waals surface area contributed by atoms with Crippen molar-refractivity contribution in [2.24, 2.45) is 0 Å². The fourth-order valence-corrected chi connectivity index (χ4v) is 2.08. The molecule has 3 rings (SSSR count). The van der Waals surface area contributed by atoms with Crippen LogP contribution in [0.5, 0.6) is 0 Å². The molecule has 1 amide bonds. The van der Waals surface area contributed by atoms with Crippen LogP contribution in [0.4, 0.5) is 17.3 Å². The van der Waals surface area contributed by atoms with Crippen molar-refractivity contribution in [2.75, 3.05) is 17.7 Å². The highest BCUT2D eigenvalue weighted by Gasteiger charge is 2.11. The van der Waals surface area contributed by atoms with Gasteiger partial charge in [0.15, 0.2) is 17.3 Å². The van der Waals surface area contributed by atoms with E-state index in [1.54, 1.807) is 43.3 Å². The number of nitrogens with one attached hydrogen (secondary N) is 2. The van der Waals surface area contributed by atoms with Crippen molar-refractivity contribution in [1.82, 2.24) is 15.4 Å². The van der Waals surface area contributed by atoms with E-state index in [4.69, 9.17) is 4.52 Å². The molecule has 0 aliphatic carbocycles. The third-order valence-corrected chi connectivity index (χ3v) is 3.35. The molecule has 0 unspecified atom stereocenters. The van der Waals surface area contributed by atoms with Crippen LogP contribution in [0.2, 0.25) is 0 Å². The van der Waals surface area contributed by atoms with Crippen molar-refractivity contribution in [3.05, 3.63) is 59.5 Å². The number of hydrogen-bond acceptors (Lipinski definition) is 8. The van der Waals surface area contributed by atoms with Crippen LogP contribution in [-0.2, 0) is 4.74 Å². The Kier molecular flexibility index (Phi) is 4.88. The molecule has 2 N–H and O–H groups in total. The van der Waals surface area contributed by atoms with Crippen LogP contribution < -0.4 is 10.6 Å². The molecule has 9 nitrogen and oxygen atoms in total. The van der Waals surface area contributed by atoms with Gasteiger partial charge in [-0.25, -0.2) is 4.79 Å². The number of methoxy groups -OCH3 is 1. The second-order valence-electron chi connectivity index (χ2n) is 5.27. The van der Waals surface area contributed by atoms with Gasteiger partial charge in [-0.2, -0.15) is 0 Å². The molecule has 1 aromatic carbocycles. The number of amides is 1. The lowest BCUT2D eigenvalue weighted by Gasteiger charge is -2.06. The fourth-order valence-electron chi connectivity index (χ4n) is 2.08. The molecule has 0 aliphatic heterocycles. The van der Waals surface area contributed by atoms with Gasteiger partial charge in [0, 0.05) is 11.8 Å². The van der Waals surface area contributed by atoms with E-state index >= 15 is 0 Å². The number of rotatable bonds is 5. The summed E-state index contributed by atoms with van der Waals surface area (Å²) in [6.45, 7) is 1.77. The summed E-state index contributed by atoms with van der Waals surface area (Å²) in [5, 5.41) is 17.2. The third kappa shape index (κ3) is 4.01. The van der Waals surface area contributed by atoms with Crippen LogP contribution in [0, 0.1) is 6.92 Å². The molecule has 2 heterocycles. The van der Waals surface area contributed by atoms with E-state index in [9.17, 15) is 9.59 Å². The molecule has 0 aliphatic rings. The zero-order valence-corrected chi connectivity index (χ0v) is 14.0. The Morgan fingerprint density at radius 3 is 2.38 bits per heavy atom. The SMILES string of the molecule is COC(=O)c1ccc(NC(=O)c2ccc(Nc3cc(C)on3)nn2)cc1. The molecular weight excluding hydrogens is 338 g/mol. The van der Waals surface area contributed by atoms with E-state index in [-0.39, 0.29) is 5.69 Å². The van der Waals surface area contributed by atoms with Gasteiger partial charge in [-0.3, -0.25) is 4.79 Å². The van der Waals surface area contributed by atoms with Crippen molar-refractivity contribution in [3.63, 3.8) is 0 Å². The Bertz CT molecular complexity index is 919. The summed E-state index contributed by atoms with van der Waals surface area (Å²) in [5.41, 5.74) is 1.05. The van der Waals surface area contributed by atoms with Crippen LogP contribution in [-0.4, -0.2) is 34.3 Å². The highest BCUT2D eigenvalue weighted by Crippen LogP contribution is 2.14. The van der Waals surface area contributed by atoms with Gasteiger partial charge in [-0.05, 0) is 43.3 Å². The largest absolute Gasteiger partial charge is 0.465 e. The van der Waals surface area contributed by atoms with Crippen molar-refractivity contribution < 1.29 is 18.8 Å². The minimum Gasteiger partial charge on any atom is -0.465 e. The lowest BCUT2D eigenvalue weighted by atomic mass is 10.2. The van der Waals surface area contributed by atoms with Crippen molar-refractivity contribution in [1.29, 1.82) is 0 Å². The summed E-state index contributed by atoms with van der Waals surface area (Å²) in [7, 11) is 1.30. The minimum absolute atomic E-state index is 0.143. The van der Waals surface area contributed by atoms with Gasteiger partial charge < -0.3 is 19.9 Å². The Balaban J connectivity index is 1.63. The second kappa shape index (κ2) is 7.43. The minimum atomic E-state index is -0.445. The molecule has 9 heteroatoms. The number of aromatic nitrogens is 3. The smallest absolute Gasteiger partial charge is 0.337 e. The summed E-state index contributed by atoms with van der Waals surface area (Å²) in [6.07, 6.45) is 0. The topological polar surface area (TPSA) is 119 Å². The maximum Gasteiger partial charge on any atom is 0.337 e. The van der Waals surface area contributed by atoms with E-state index < -0.39 is 11.9 Å². The molecule has 3 aromatic rings. The third-order valence-electron chi connectivity index (χ3n) is 3.35. The van der Waals surface area contributed by atoms with Gasteiger partial charge in [0.25, 0.3) is 5.91 Å². The van der Waals surface area contributed by atoms with E-state index in [1.165, 1.54) is 13.2 Å². The molecular formula is C17H15N5O4. The van der Waals surface area contributed by atoms with E-state index in [1.807, 2.05) is 0 Å². The average Bonchev–Trinajstić information content (AvgIpc) is 3.07. The average molecular weight is 353 g/mol. The van der Waals surface area contributed by atoms with Gasteiger partial charge in [0.2, 0.25) is 0 Å². The highest BCUT2D eigenvalue weighted by atomic mass is 16.5. The molecule has 0 radical (unpaired) electrons. The number of carbonyl (C=O) groups excluding carboxylic acids is 2. The van der Waals surface area contributed by atoms with Gasteiger partial charge in [-0.1, -0.05) is 5.16 Å². The molecule has 26 heavy (non-hydrogen) atoms. The monoisotopic (exact) mass is 353 g/mol. The van der Waals surface area contributed by atoms with Gasteiger partial charge in [0.05, 0.1) is 12.7 Å². The van der Waals surface area contributed by atoms with Crippen molar-refractivity contribution >= 4 is 29.2 Å². The predicted molar refractivity (Wildman–Crippen MR) is 92.3 cm³/mol. The molecule has 0 saturated heterocycles. The van der Waals surface area contributed by atoms with Gasteiger partial charge >= 0.3 is 5.97 Å². The number of ether oxygens (including phenoxy) is 1.